The Hall–Kier alpha value is -3.62. The largest absolute Gasteiger partial charge is 0.444 e. The molecular formula is C25H26F3N3O3. The van der Waals surface area contributed by atoms with Gasteiger partial charge in [-0.1, -0.05) is 30.3 Å². The van der Waals surface area contributed by atoms with Gasteiger partial charge in [0.25, 0.3) is 0 Å². The van der Waals surface area contributed by atoms with Crippen molar-refractivity contribution in [3.63, 3.8) is 0 Å². The summed E-state index contributed by atoms with van der Waals surface area (Å²) in [5, 5.41) is 6.15. The summed E-state index contributed by atoms with van der Waals surface area (Å²) in [6, 6.07) is 12.9. The number of nitrogens with one attached hydrogen (secondary N) is 2. The number of aromatic nitrogens is 1. The Morgan fingerprint density at radius 1 is 1.03 bits per heavy atom. The Labute approximate surface area is 195 Å². The van der Waals surface area contributed by atoms with Crippen molar-refractivity contribution >= 4 is 28.6 Å². The molecule has 1 heterocycles. The van der Waals surface area contributed by atoms with Crippen molar-refractivity contribution in [2.24, 2.45) is 0 Å². The van der Waals surface area contributed by atoms with Crippen molar-refractivity contribution in [2.75, 3.05) is 5.32 Å². The zero-order valence-corrected chi connectivity index (χ0v) is 19.1. The van der Waals surface area contributed by atoms with Crippen LogP contribution in [0, 0.1) is 0 Å². The zero-order valence-electron chi connectivity index (χ0n) is 19.1. The molecule has 0 aliphatic carbocycles. The van der Waals surface area contributed by atoms with Crippen LogP contribution in [0.4, 0.5) is 23.7 Å². The Balaban J connectivity index is 1.73. The van der Waals surface area contributed by atoms with Gasteiger partial charge in [-0.05, 0) is 63.4 Å². The number of ether oxygens (including phenoxy) is 1. The monoisotopic (exact) mass is 473 g/mol. The fraction of sp³-hybridized carbons (Fsp3) is 0.320. The highest BCUT2D eigenvalue weighted by Gasteiger charge is 2.30. The van der Waals surface area contributed by atoms with Gasteiger partial charge in [-0.15, -0.1) is 0 Å². The fourth-order valence-corrected chi connectivity index (χ4v) is 3.26. The first-order chi connectivity index (χ1) is 15.9. The second-order valence-electron chi connectivity index (χ2n) is 8.84. The molecule has 0 unspecified atom stereocenters. The first-order valence-corrected chi connectivity index (χ1v) is 10.7. The van der Waals surface area contributed by atoms with Crippen LogP contribution in [0.3, 0.4) is 0 Å². The minimum Gasteiger partial charge on any atom is -0.444 e. The number of anilines is 1. The molecule has 0 aliphatic rings. The number of alkyl carbamates (subject to hydrolysis) is 1. The van der Waals surface area contributed by atoms with Gasteiger partial charge in [0.2, 0.25) is 5.91 Å². The lowest BCUT2D eigenvalue weighted by atomic mass is 10.0. The van der Waals surface area contributed by atoms with E-state index in [9.17, 15) is 22.8 Å². The van der Waals surface area contributed by atoms with Crippen LogP contribution in [0.1, 0.15) is 38.3 Å². The van der Waals surface area contributed by atoms with Crippen molar-refractivity contribution in [1.29, 1.82) is 0 Å². The average molecular weight is 473 g/mol. The summed E-state index contributed by atoms with van der Waals surface area (Å²) < 4.78 is 43.7. The Morgan fingerprint density at radius 3 is 2.35 bits per heavy atom. The first kappa shape index (κ1) is 25.0. The molecule has 2 amide bonds. The Morgan fingerprint density at radius 2 is 1.71 bits per heavy atom. The molecule has 1 aromatic heterocycles. The molecule has 3 rings (SSSR count). The molecule has 9 heteroatoms. The van der Waals surface area contributed by atoms with Gasteiger partial charge >= 0.3 is 12.3 Å². The summed E-state index contributed by atoms with van der Waals surface area (Å²) in [4.78, 5) is 29.6. The van der Waals surface area contributed by atoms with Crippen LogP contribution >= 0.6 is 0 Å². The molecule has 2 N–H and O–H groups in total. The van der Waals surface area contributed by atoms with Crippen molar-refractivity contribution in [1.82, 2.24) is 10.3 Å². The maximum atomic E-state index is 13.0. The van der Waals surface area contributed by atoms with Crippen LogP contribution in [0.25, 0.3) is 10.9 Å². The minimum atomic E-state index is -4.42. The molecule has 34 heavy (non-hydrogen) atoms. The van der Waals surface area contributed by atoms with Crippen molar-refractivity contribution < 1.29 is 27.5 Å². The number of hydrogen-bond donors (Lipinski definition) is 2. The van der Waals surface area contributed by atoms with Crippen LogP contribution in [-0.2, 0) is 22.1 Å². The van der Waals surface area contributed by atoms with Crippen LogP contribution in [0.2, 0.25) is 0 Å². The summed E-state index contributed by atoms with van der Waals surface area (Å²) in [5.74, 6) is -0.491. The number of carbonyl (C=O) groups is 2. The van der Waals surface area contributed by atoms with Crippen molar-refractivity contribution in [3.8, 4) is 0 Å². The van der Waals surface area contributed by atoms with Gasteiger partial charge in [-0.3, -0.25) is 9.78 Å². The number of pyridine rings is 1. The summed E-state index contributed by atoms with van der Waals surface area (Å²) in [6.45, 7) is 5.10. The molecule has 0 aliphatic heterocycles. The summed E-state index contributed by atoms with van der Waals surface area (Å²) in [7, 11) is 0. The topological polar surface area (TPSA) is 80.3 Å². The summed E-state index contributed by atoms with van der Waals surface area (Å²) in [5.41, 5.74) is 0.312. The predicted octanol–water partition coefficient (Wildman–Crippen LogP) is 5.72. The van der Waals surface area contributed by atoms with Gasteiger partial charge in [0, 0.05) is 5.39 Å². The molecule has 1 atom stereocenters. The molecule has 0 saturated carbocycles. The molecule has 2 aromatic carbocycles. The molecule has 0 radical (unpaired) electrons. The van der Waals surface area contributed by atoms with Crippen LogP contribution in [0.5, 0.6) is 0 Å². The van der Waals surface area contributed by atoms with Gasteiger partial charge in [-0.25, -0.2) is 4.79 Å². The maximum Gasteiger partial charge on any atom is 0.416 e. The SMILES string of the molecule is CC(C)(C)OC(=O)N[C@H](CCc1ccc(C(F)(F)F)cc1)C(=O)Nc1cnc2ccccc2c1. The number of aryl methyl sites for hydroxylation is 1. The molecule has 0 saturated heterocycles. The van der Waals surface area contributed by atoms with Crippen LogP contribution in [0.15, 0.2) is 60.8 Å². The van der Waals surface area contributed by atoms with E-state index < -0.39 is 35.4 Å². The molecule has 0 fully saturated rings. The number of alkyl halides is 3. The van der Waals surface area contributed by atoms with E-state index in [0.29, 0.717) is 11.3 Å². The summed E-state index contributed by atoms with van der Waals surface area (Å²) >= 11 is 0. The third-order valence-corrected chi connectivity index (χ3v) is 4.87. The highest BCUT2D eigenvalue weighted by molar-refractivity contribution is 5.97. The minimum absolute atomic E-state index is 0.150. The van der Waals surface area contributed by atoms with E-state index in [1.54, 1.807) is 26.8 Å². The number of fused-ring (bicyclic) bond motifs is 1. The molecule has 180 valence electrons. The Bertz CT molecular complexity index is 1160. The third kappa shape index (κ3) is 7.19. The van der Waals surface area contributed by atoms with Crippen molar-refractivity contribution in [2.45, 2.75) is 51.4 Å². The van der Waals surface area contributed by atoms with E-state index in [1.165, 1.54) is 18.3 Å². The van der Waals surface area contributed by atoms with Gasteiger partial charge in [0.1, 0.15) is 11.6 Å². The van der Waals surface area contributed by atoms with Gasteiger partial charge < -0.3 is 15.4 Å². The van der Waals surface area contributed by atoms with E-state index in [2.05, 4.69) is 15.6 Å². The van der Waals surface area contributed by atoms with Gasteiger partial charge in [0.15, 0.2) is 0 Å². The van der Waals surface area contributed by atoms with Gasteiger partial charge in [-0.2, -0.15) is 13.2 Å². The van der Waals surface area contributed by atoms with E-state index in [4.69, 9.17) is 4.74 Å². The number of carbonyl (C=O) groups excluding carboxylic acids is 2. The lowest BCUT2D eigenvalue weighted by Gasteiger charge is -2.23. The number of amides is 2. The highest BCUT2D eigenvalue weighted by atomic mass is 19.4. The highest BCUT2D eigenvalue weighted by Crippen LogP contribution is 2.29. The quantitative estimate of drug-likeness (QED) is 0.480. The number of benzene rings is 2. The number of nitrogens with zero attached hydrogens (tertiary/aromatic N) is 1. The lowest BCUT2D eigenvalue weighted by Crippen LogP contribution is -2.46. The molecule has 0 spiro atoms. The molecule has 3 aromatic rings. The first-order valence-electron chi connectivity index (χ1n) is 10.7. The smallest absolute Gasteiger partial charge is 0.416 e. The van der Waals surface area contributed by atoms with Crippen LogP contribution < -0.4 is 10.6 Å². The third-order valence-electron chi connectivity index (χ3n) is 4.87. The Kier molecular flexibility index (Phi) is 7.44. The second kappa shape index (κ2) is 10.1. The van der Waals surface area contributed by atoms with E-state index in [0.717, 1.165) is 23.0 Å². The second-order valence-corrected chi connectivity index (χ2v) is 8.84. The maximum absolute atomic E-state index is 13.0. The molecule has 6 nitrogen and oxygen atoms in total. The van der Waals surface area contributed by atoms with Crippen molar-refractivity contribution in [3.05, 3.63) is 71.9 Å². The van der Waals surface area contributed by atoms with E-state index in [-0.39, 0.29) is 12.8 Å². The van der Waals surface area contributed by atoms with E-state index in [1.807, 2.05) is 24.3 Å². The predicted molar refractivity (Wildman–Crippen MR) is 123 cm³/mol. The van der Waals surface area contributed by atoms with Crippen LogP contribution in [-0.4, -0.2) is 28.6 Å². The number of para-hydroxylation sites is 1. The lowest BCUT2D eigenvalue weighted by molar-refractivity contribution is -0.137. The standard InChI is InChI=1S/C25H26F3N3O3/c1-24(2,3)34-23(33)31-21(13-10-16-8-11-18(12-9-16)25(26,27)28)22(32)30-19-14-17-6-4-5-7-20(17)29-15-19/h4-9,11-12,14-15,21H,10,13H2,1-3H3,(H,30,32)(H,31,33)/t21-/m1/s1. The average Bonchev–Trinajstić information content (AvgIpc) is 2.75. The molecule has 0 bridgehead atoms. The number of rotatable bonds is 6. The zero-order chi connectivity index (χ0) is 24.9. The fourth-order valence-electron chi connectivity index (χ4n) is 3.26. The number of halogens is 3. The summed E-state index contributed by atoms with van der Waals surface area (Å²) in [6.07, 6.45) is -3.26. The van der Waals surface area contributed by atoms with E-state index >= 15 is 0 Å². The van der Waals surface area contributed by atoms with Gasteiger partial charge in [0.05, 0.1) is 23.0 Å². The normalized spacial score (nSPS) is 12.8. The number of hydrogen-bond acceptors (Lipinski definition) is 4. The molecular weight excluding hydrogens is 447 g/mol.